The minimum absolute atomic E-state index is 0.337. The molecule has 1 aromatic rings. The molecule has 22 heavy (non-hydrogen) atoms. The number of nitrogens with zero attached hydrogens (tertiary/aromatic N) is 3. The van der Waals surface area contributed by atoms with Crippen LogP contribution in [0, 0.1) is 5.92 Å². The molecule has 4 aliphatic heterocycles. The minimum atomic E-state index is 0.337. The Hall–Kier alpha value is -1.55. The van der Waals surface area contributed by atoms with Crippen molar-refractivity contribution in [3.63, 3.8) is 0 Å². The van der Waals surface area contributed by atoms with Gasteiger partial charge in [-0.15, -0.1) is 0 Å². The third-order valence-electron chi connectivity index (χ3n) is 5.67. The third kappa shape index (κ3) is 2.12. The standard InChI is InChI=1S/C18H26N4/c1-3-21(4-2)15-7-5-13(6-8-15)16-18-17(20-19-16)14-9-11-22(18)12-10-14/h5-8,14,16,18-19H,3-4,9-12H2,1-2H3. The number of anilines is 1. The van der Waals surface area contributed by atoms with Gasteiger partial charge in [-0.1, -0.05) is 12.1 Å². The topological polar surface area (TPSA) is 30.9 Å². The molecular weight excluding hydrogens is 272 g/mol. The summed E-state index contributed by atoms with van der Waals surface area (Å²) in [5.74, 6) is 0.724. The van der Waals surface area contributed by atoms with Gasteiger partial charge in [-0.25, -0.2) is 0 Å². The SMILES string of the molecule is CCN(CC)c1ccc(C2NN=C3C4CCN(CC4)C32)cc1. The molecule has 0 radical (unpaired) electrons. The van der Waals surface area contributed by atoms with Gasteiger partial charge in [0, 0.05) is 24.7 Å². The molecule has 1 aromatic carbocycles. The number of nitrogens with one attached hydrogen (secondary N) is 1. The highest BCUT2D eigenvalue weighted by Crippen LogP contribution is 2.39. The molecule has 0 aromatic heterocycles. The van der Waals surface area contributed by atoms with Gasteiger partial charge in [-0.3, -0.25) is 4.90 Å². The molecule has 3 saturated heterocycles. The lowest BCUT2D eigenvalue weighted by atomic mass is 9.78. The first-order valence-electron chi connectivity index (χ1n) is 8.73. The molecule has 4 heterocycles. The van der Waals surface area contributed by atoms with Gasteiger partial charge < -0.3 is 10.3 Å². The van der Waals surface area contributed by atoms with Crippen LogP contribution in [0.1, 0.15) is 38.3 Å². The molecule has 0 aliphatic carbocycles. The van der Waals surface area contributed by atoms with E-state index in [1.165, 1.54) is 42.9 Å². The Bertz CT molecular complexity index is 553. The van der Waals surface area contributed by atoms with Crippen molar-refractivity contribution in [2.24, 2.45) is 11.0 Å². The fraction of sp³-hybridized carbons (Fsp3) is 0.611. The lowest BCUT2D eigenvalue weighted by Gasteiger charge is -2.45. The zero-order valence-corrected chi connectivity index (χ0v) is 13.6. The van der Waals surface area contributed by atoms with Gasteiger partial charge in [-0.05, 0) is 57.5 Å². The average molecular weight is 298 g/mol. The van der Waals surface area contributed by atoms with E-state index in [9.17, 15) is 0 Å². The zero-order valence-electron chi connectivity index (χ0n) is 13.6. The summed E-state index contributed by atoms with van der Waals surface area (Å²) in [7, 11) is 0. The van der Waals surface area contributed by atoms with E-state index in [4.69, 9.17) is 5.10 Å². The zero-order chi connectivity index (χ0) is 15.1. The summed E-state index contributed by atoms with van der Waals surface area (Å²) < 4.78 is 0. The molecule has 2 bridgehead atoms. The van der Waals surface area contributed by atoms with Crippen molar-refractivity contribution >= 4 is 11.4 Å². The molecule has 1 N–H and O–H groups in total. The lowest BCUT2D eigenvalue weighted by molar-refractivity contribution is 0.133. The smallest absolute Gasteiger partial charge is 0.0899 e. The first-order chi connectivity index (χ1) is 10.8. The second-order valence-electron chi connectivity index (χ2n) is 6.66. The van der Waals surface area contributed by atoms with Gasteiger partial charge in [0.2, 0.25) is 0 Å². The number of hydrazone groups is 1. The van der Waals surface area contributed by atoms with Crippen LogP contribution in [0.2, 0.25) is 0 Å². The highest BCUT2D eigenvalue weighted by molar-refractivity contribution is 5.95. The number of hydrogen-bond donors (Lipinski definition) is 1. The maximum Gasteiger partial charge on any atom is 0.0899 e. The Morgan fingerprint density at radius 2 is 1.82 bits per heavy atom. The van der Waals surface area contributed by atoms with Gasteiger partial charge in [0.15, 0.2) is 0 Å². The quantitative estimate of drug-likeness (QED) is 0.927. The Morgan fingerprint density at radius 1 is 1.14 bits per heavy atom. The van der Waals surface area contributed by atoms with Crippen molar-refractivity contribution < 1.29 is 0 Å². The number of fused-ring (bicyclic) bond motifs is 2. The van der Waals surface area contributed by atoms with E-state index in [0.29, 0.717) is 12.1 Å². The van der Waals surface area contributed by atoms with E-state index in [1.54, 1.807) is 0 Å². The number of rotatable bonds is 4. The maximum atomic E-state index is 4.70. The fourth-order valence-electron chi connectivity index (χ4n) is 4.39. The van der Waals surface area contributed by atoms with Gasteiger partial charge in [0.25, 0.3) is 0 Å². The molecule has 3 fully saturated rings. The predicted molar refractivity (Wildman–Crippen MR) is 91.4 cm³/mol. The van der Waals surface area contributed by atoms with Crippen molar-refractivity contribution in [1.29, 1.82) is 0 Å². The van der Waals surface area contributed by atoms with Crippen LogP contribution in [0.15, 0.2) is 29.4 Å². The van der Waals surface area contributed by atoms with Crippen molar-refractivity contribution in [2.45, 2.75) is 38.8 Å². The number of piperidine rings is 3. The molecule has 5 rings (SSSR count). The van der Waals surface area contributed by atoms with Crippen LogP contribution in [-0.4, -0.2) is 42.8 Å². The van der Waals surface area contributed by atoms with Crippen LogP contribution in [0.3, 0.4) is 0 Å². The maximum absolute atomic E-state index is 4.70. The van der Waals surface area contributed by atoms with Crippen LogP contribution >= 0.6 is 0 Å². The van der Waals surface area contributed by atoms with E-state index in [0.717, 1.165) is 19.0 Å². The lowest BCUT2D eigenvalue weighted by Crippen LogP contribution is -2.56. The van der Waals surface area contributed by atoms with Crippen molar-refractivity contribution in [1.82, 2.24) is 10.3 Å². The Balaban J connectivity index is 1.56. The van der Waals surface area contributed by atoms with Gasteiger partial charge >= 0.3 is 0 Å². The summed E-state index contributed by atoms with van der Waals surface area (Å²) in [6, 6.07) is 9.92. The summed E-state index contributed by atoms with van der Waals surface area (Å²) in [6.07, 6.45) is 2.59. The summed E-state index contributed by atoms with van der Waals surface area (Å²) in [6.45, 7) is 9.02. The molecule has 4 aliphatic rings. The molecule has 4 nitrogen and oxygen atoms in total. The average Bonchev–Trinajstić information content (AvgIpc) is 3.05. The van der Waals surface area contributed by atoms with E-state index in [-0.39, 0.29) is 0 Å². The normalized spacial score (nSPS) is 32.4. The Morgan fingerprint density at radius 3 is 2.45 bits per heavy atom. The number of benzene rings is 1. The van der Waals surface area contributed by atoms with Crippen molar-refractivity contribution in [3.8, 4) is 0 Å². The molecule has 0 amide bonds. The summed E-state index contributed by atoms with van der Waals surface area (Å²) in [5.41, 5.74) is 7.52. The monoisotopic (exact) mass is 298 g/mol. The van der Waals surface area contributed by atoms with Crippen LogP contribution < -0.4 is 10.3 Å². The Kier molecular flexibility index (Phi) is 3.57. The van der Waals surface area contributed by atoms with Crippen LogP contribution in [-0.2, 0) is 0 Å². The van der Waals surface area contributed by atoms with E-state index in [1.807, 2.05) is 0 Å². The largest absolute Gasteiger partial charge is 0.372 e. The predicted octanol–water partition coefficient (Wildman–Crippen LogP) is 2.63. The number of hydrogen-bond acceptors (Lipinski definition) is 4. The van der Waals surface area contributed by atoms with Gasteiger partial charge in [0.05, 0.1) is 17.8 Å². The van der Waals surface area contributed by atoms with Crippen LogP contribution in [0.5, 0.6) is 0 Å². The molecule has 0 saturated carbocycles. The second-order valence-corrected chi connectivity index (χ2v) is 6.66. The van der Waals surface area contributed by atoms with E-state index >= 15 is 0 Å². The first-order valence-corrected chi connectivity index (χ1v) is 8.73. The van der Waals surface area contributed by atoms with Gasteiger partial charge in [0.1, 0.15) is 0 Å². The summed E-state index contributed by atoms with van der Waals surface area (Å²) in [5, 5.41) is 4.70. The van der Waals surface area contributed by atoms with E-state index in [2.05, 4.69) is 53.3 Å². The van der Waals surface area contributed by atoms with Crippen molar-refractivity contribution in [2.75, 3.05) is 31.1 Å². The highest BCUT2D eigenvalue weighted by atomic mass is 15.4. The molecule has 118 valence electrons. The molecular formula is C18H26N4. The van der Waals surface area contributed by atoms with E-state index < -0.39 is 0 Å². The second kappa shape index (κ2) is 5.58. The molecule has 0 spiro atoms. The minimum Gasteiger partial charge on any atom is -0.372 e. The first kappa shape index (κ1) is 14.1. The Labute approximate surface area is 133 Å². The molecule has 2 unspecified atom stereocenters. The van der Waals surface area contributed by atoms with Crippen LogP contribution in [0.4, 0.5) is 5.69 Å². The van der Waals surface area contributed by atoms with Crippen molar-refractivity contribution in [3.05, 3.63) is 29.8 Å². The highest BCUT2D eigenvalue weighted by Gasteiger charge is 2.46. The van der Waals surface area contributed by atoms with Crippen LogP contribution in [0.25, 0.3) is 0 Å². The third-order valence-corrected chi connectivity index (χ3v) is 5.67. The van der Waals surface area contributed by atoms with Gasteiger partial charge in [-0.2, -0.15) is 5.10 Å². The fourth-order valence-corrected chi connectivity index (χ4v) is 4.39. The molecule has 2 atom stereocenters. The molecule has 4 heteroatoms. The summed E-state index contributed by atoms with van der Waals surface area (Å²) in [4.78, 5) is 5.02. The summed E-state index contributed by atoms with van der Waals surface area (Å²) >= 11 is 0.